The molecule has 0 bridgehead atoms. The number of nitro benzene ring substituents is 1. The molecule has 0 aliphatic heterocycles. The molecule has 0 unspecified atom stereocenters. The van der Waals surface area contributed by atoms with E-state index in [2.05, 4.69) is 10.3 Å². The third-order valence-corrected chi connectivity index (χ3v) is 3.64. The van der Waals surface area contributed by atoms with Crippen molar-refractivity contribution in [2.75, 3.05) is 5.32 Å². The number of anilines is 1. The zero-order valence-electron chi connectivity index (χ0n) is 8.89. The van der Waals surface area contributed by atoms with Gasteiger partial charge in [0, 0.05) is 17.5 Å². The molecule has 0 aliphatic rings. The van der Waals surface area contributed by atoms with E-state index in [4.69, 9.17) is 0 Å². The van der Waals surface area contributed by atoms with Crippen LogP contribution in [0.1, 0.15) is 5.69 Å². The van der Waals surface area contributed by atoms with Gasteiger partial charge < -0.3 is 5.32 Å². The van der Waals surface area contributed by atoms with E-state index in [9.17, 15) is 14.5 Å². The normalized spacial score (nSPS) is 10.3. The Bertz CT molecular complexity index is 577. The van der Waals surface area contributed by atoms with E-state index in [1.807, 2.05) is 5.38 Å². The molecule has 5 nitrogen and oxygen atoms in total. The van der Waals surface area contributed by atoms with Gasteiger partial charge >= 0.3 is 0 Å². The second kappa shape index (κ2) is 5.57. The van der Waals surface area contributed by atoms with E-state index in [0.29, 0.717) is 6.54 Å². The Morgan fingerprint density at radius 2 is 2.33 bits per heavy atom. The van der Waals surface area contributed by atoms with E-state index in [1.54, 1.807) is 28.1 Å². The molecular formula is C10H7FIN3O2S. The molecule has 2 aromatic rings. The summed E-state index contributed by atoms with van der Waals surface area (Å²) in [5, 5.41) is 15.5. The molecule has 2 rings (SSSR count). The van der Waals surface area contributed by atoms with Crippen LogP contribution in [0.25, 0.3) is 0 Å². The summed E-state index contributed by atoms with van der Waals surface area (Å²) in [5.74, 6) is -0.484. The number of benzene rings is 1. The SMILES string of the molecule is O=[N+]([O-])c1cc(I)c(F)cc1NCc1cscn1. The van der Waals surface area contributed by atoms with Crippen LogP contribution in [0.15, 0.2) is 23.0 Å². The molecule has 1 aromatic heterocycles. The van der Waals surface area contributed by atoms with Crippen LogP contribution in [0.2, 0.25) is 0 Å². The van der Waals surface area contributed by atoms with Crippen LogP contribution in [0.5, 0.6) is 0 Å². The number of rotatable bonds is 4. The van der Waals surface area contributed by atoms with Crippen LogP contribution in [0.3, 0.4) is 0 Å². The zero-order valence-corrected chi connectivity index (χ0v) is 11.9. The first kappa shape index (κ1) is 13.1. The van der Waals surface area contributed by atoms with Crippen LogP contribution in [-0.4, -0.2) is 9.91 Å². The number of nitrogens with one attached hydrogen (secondary N) is 1. The fourth-order valence-electron chi connectivity index (χ4n) is 1.34. The van der Waals surface area contributed by atoms with Crippen molar-refractivity contribution in [1.29, 1.82) is 0 Å². The molecule has 0 radical (unpaired) electrons. The number of halogens is 2. The second-order valence-electron chi connectivity index (χ2n) is 3.37. The quantitative estimate of drug-likeness (QED) is 0.502. The summed E-state index contributed by atoms with van der Waals surface area (Å²) in [6.07, 6.45) is 0. The summed E-state index contributed by atoms with van der Waals surface area (Å²) in [5.41, 5.74) is 2.44. The predicted octanol–water partition coefficient (Wildman–Crippen LogP) is 3.41. The van der Waals surface area contributed by atoms with E-state index < -0.39 is 10.7 Å². The van der Waals surface area contributed by atoms with Crippen LogP contribution in [-0.2, 0) is 6.54 Å². The smallest absolute Gasteiger partial charge is 0.293 e. The van der Waals surface area contributed by atoms with Crippen molar-refractivity contribution in [3.8, 4) is 0 Å². The van der Waals surface area contributed by atoms with Gasteiger partial charge in [-0.1, -0.05) is 0 Å². The number of hydrogen-bond acceptors (Lipinski definition) is 5. The third-order valence-electron chi connectivity index (χ3n) is 2.18. The highest BCUT2D eigenvalue weighted by molar-refractivity contribution is 14.1. The van der Waals surface area contributed by atoms with Crippen molar-refractivity contribution < 1.29 is 9.31 Å². The number of thiazole rings is 1. The molecule has 1 heterocycles. The van der Waals surface area contributed by atoms with Gasteiger partial charge in [0.2, 0.25) is 0 Å². The molecular weight excluding hydrogens is 372 g/mol. The van der Waals surface area contributed by atoms with E-state index in [0.717, 1.165) is 11.8 Å². The summed E-state index contributed by atoms with van der Waals surface area (Å²) in [6.45, 7) is 0.324. The molecule has 0 fully saturated rings. The van der Waals surface area contributed by atoms with Crippen molar-refractivity contribution in [2.24, 2.45) is 0 Å². The van der Waals surface area contributed by atoms with Gasteiger partial charge in [0.15, 0.2) is 0 Å². The first-order chi connectivity index (χ1) is 8.58. The van der Waals surface area contributed by atoms with Gasteiger partial charge in [-0.15, -0.1) is 11.3 Å². The monoisotopic (exact) mass is 379 g/mol. The van der Waals surface area contributed by atoms with E-state index in [1.165, 1.54) is 17.4 Å². The topological polar surface area (TPSA) is 68.1 Å². The zero-order chi connectivity index (χ0) is 13.1. The highest BCUT2D eigenvalue weighted by Gasteiger charge is 2.17. The Morgan fingerprint density at radius 3 is 2.94 bits per heavy atom. The lowest BCUT2D eigenvalue weighted by molar-refractivity contribution is -0.384. The molecule has 0 saturated heterocycles. The number of nitrogens with zero attached hydrogens (tertiary/aromatic N) is 2. The van der Waals surface area contributed by atoms with Crippen LogP contribution in [0.4, 0.5) is 15.8 Å². The average Bonchev–Trinajstić information content (AvgIpc) is 2.83. The minimum absolute atomic E-state index is 0.143. The van der Waals surface area contributed by atoms with Crippen LogP contribution in [0, 0.1) is 19.5 Å². The Hall–Kier alpha value is -1.29. The Balaban J connectivity index is 2.25. The van der Waals surface area contributed by atoms with Crippen molar-refractivity contribution in [3.05, 3.63) is 48.2 Å². The van der Waals surface area contributed by atoms with Gasteiger partial charge in [-0.3, -0.25) is 10.1 Å². The standard InChI is InChI=1S/C10H7FIN3O2S/c11-7-1-9(10(15(16)17)2-8(7)12)13-3-6-4-18-5-14-6/h1-2,4-5,13H,3H2. The minimum atomic E-state index is -0.537. The molecule has 0 aliphatic carbocycles. The van der Waals surface area contributed by atoms with Gasteiger partial charge in [0.25, 0.3) is 5.69 Å². The van der Waals surface area contributed by atoms with Gasteiger partial charge in [-0.05, 0) is 22.6 Å². The molecule has 0 saturated carbocycles. The lowest BCUT2D eigenvalue weighted by Gasteiger charge is -2.06. The van der Waals surface area contributed by atoms with E-state index >= 15 is 0 Å². The highest BCUT2D eigenvalue weighted by Crippen LogP contribution is 2.28. The summed E-state index contributed by atoms with van der Waals surface area (Å²) in [6, 6.07) is 2.34. The summed E-state index contributed by atoms with van der Waals surface area (Å²) in [4.78, 5) is 14.4. The number of aromatic nitrogens is 1. The molecule has 8 heteroatoms. The predicted molar refractivity (Wildman–Crippen MR) is 75.2 cm³/mol. The molecule has 0 atom stereocenters. The fourth-order valence-corrected chi connectivity index (χ4v) is 2.35. The van der Waals surface area contributed by atoms with Gasteiger partial charge in [-0.2, -0.15) is 0 Å². The lowest BCUT2D eigenvalue weighted by Crippen LogP contribution is -2.04. The Kier molecular flexibility index (Phi) is 4.07. The molecule has 1 aromatic carbocycles. The Labute approximate surface area is 119 Å². The molecule has 1 N–H and O–H groups in total. The average molecular weight is 379 g/mol. The molecule has 18 heavy (non-hydrogen) atoms. The maximum atomic E-state index is 13.4. The first-order valence-electron chi connectivity index (χ1n) is 4.82. The second-order valence-corrected chi connectivity index (χ2v) is 5.25. The minimum Gasteiger partial charge on any atom is -0.374 e. The van der Waals surface area contributed by atoms with Crippen molar-refractivity contribution >= 4 is 45.3 Å². The van der Waals surface area contributed by atoms with Crippen molar-refractivity contribution in [1.82, 2.24) is 4.98 Å². The highest BCUT2D eigenvalue weighted by atomic mass is 127. The maximum absolute atomic E-state index is 13.4. The van der Waals surface area contributed by atoms with Gasteiger partial charge in [0.05, 0.1) is 26.2 Å². The van der Waals surface area contributed by atoms with Gasteiger partial charge in [0.1, 0.15) is 11.5 Å². The summed E-state index contributed by atoms with van der Waals surface area (Å²) >= 11 is 3.15. The first-order valence-corrected chi connectivity index (χ1v) is 6.84. The largest absolute Gasteiger partial charge is 0.374 e. The van der Waals surface area contributed by atoms with Gasteiger partial charge in [-0.25, -0.2) is 9.37 Å². The van der Waals surface area contributed by atoms with Crippen molar-refractivity contribution in [2.45, 2.75) is 6.54 Å². The summed E-state index contributed by atoms with van der Waals surface area (Å²) in [7, 11) is 0. The Morgan fingerprint density at radius 1 is 1.56 bits per heavy atom. The maximum Gasteiger partial charge on any atom is 0.293 e. The van der Waals surface area contributed by atoms with Crippen LogP contribution < -0.4 is 5.32 Å². The fraction of sp³-hybridized carbons (Fsp3) is 0.100. The third kappa shape index (κ3) is 2.93. The van der Waals surface area contributed by atoms with Crippen molar-refractivity contribution in [3.63, 3.8) is 0 Å². The lowest BCUT2D eigenvalue weighted by atomic mass is 10.2. The molecule has 0 spiro atoms. The van der Waals surface area contributed by atoms with Crippen LogP contribution >= 0.6 is 33.9 Å². The number of hydrogen-bond donors (Lipinski definition) is 1. The molecule has 94 valence electrons. The summed E-state index contributed by atoms with van der Waals surface area (Å²) < 4.78 is 13.6. The molecule has 0 amide bonds. The van der Waals surface area contributed by atoms with E-state index in [-0.39, 0.29) is 14.9 Å². The number of nitro groups is 1.